The average molecular weight is 222 g/mol. The summed E-state index contributed by atoms with van der Waals surface area (Å²) in [6, 6.07) is 0. The van der Waals surface area contributed by atoms with Crippen molar-refractivity contribution < 1.29 is 0 Å². The predicted molar refractivity (Wildman–Crippen MR) is 55.4 cm³/mol. The first-order chi connectivity index (χ1) is 4.95. The summed E-state index contributed by atoms with van der Waals surface area (Å²) in [7, 11) is 2.17. The SMILES string of the molecule is CN(CCBr)CCC(C)(C)C. The Hall–Kier alpha value is 0.440. The van der Waals surface area contributed by atoms with E-state index >= 15 is 0 Å². The molecule has 0 rings (SSSR count). The van der Waals surface area contributed by atoms with E-state index in [4.69, 9.17) is 0 Å². The lowest BCUT2D eigenvalue weighted by Gasteiger charge is -2.22. The van der Waals surface area contributed by atoms with Gasteiger partial charge in [0.2, 0.25) is 0 Å². The lowest BCUT2D eigenvalue weighted by atomic mass is 9.92. The van der Waals surface area contributed by atoms with Crippen molar-refractivity contribution in [2.45, 2.75) is 27.2 Å². The number of rotatable bonds is 4. The number of hydrogen-bond acceptors (Lipinski definition) is 1. The molecular formula is C9H20BrN. The van der Waals surface area contributed by atoms with Crippen LogP contribution in [0.3, 0.4) is 0 Å². The van der Waals surface area contributed by atoms with Crippen LogP contribution < -0.4 is 0 Å². The van der Waals surface area contributed by atoms with Gasteiger partial charge in [-0.25, -0.2) is 0 Å². The summed E-state index contributed by atoms with van der Waals surface area (Å²) in [5, 5.41) is 1.08. The Bertz CT molecular complexity index is 96.2. The number of halogens is 1. The monoisotopic (exact) mass is 221 g/mol. The Morgan fingerprint density at radius 3 is 2.09 bits per heavy atom. The first-order valence-electron chi connectivity index (χ1n) is 4.20. The molecule has 0 aliphatic rings. The zero-order valence-corrected chi connectivity index (χ0v) is 9.74. The normalized spacial score (nSPS) is 12.5. The summed E-state index contributed by atoms with van der Waals surface area (Å²) in [4.78, 5) is 2.36. The topological polar surface area (TPSA) is 3.24 Å². The van der Waals surface area contributed by atoms with Crippen molar-refractivity contribution in [1.29, 1.82) is 0 Å². The van der Waals surface area contributed by atoms with Gasteiger partial charge in [-0.1, -0.05) is 36.7 Å². The summed E-state index contributed by atoms with van der Waals surface area (Å²) in [5.74, 6) is 0. The third kappa shape index (κ3) is 8.35. The van der Waals surface area contributed by atoms with Crippen LogP contribution in [-0.2, 0) is 0 Å². The molecule has 0 aliphatic carbocycles. The fourth-order valence-electron chi connectivity index (χ4n) is 0.782. The maximum atomic E-state index is 3.43. The summed E-state index contributed by atoms with van der Waals surface area (Å²) in [5.41, 5.74) is 0.473. The fraction of sp³-hybridized carbons (Fsp3) is 1.00. The van der Waals surface area contributed by atoms with Gasteiger partial charge in [-0.15, -0.1) is 0 Å². The molecule has 0 saturated heterocycles. The van der Waals surface area contributed by atoms with Gasteiger partial charge in [0.1, 0.15) is 0 Å². The van der Waals surface area contributed by atoms with Gasteiger partial charge in [-0.05, 0) is 25.4 Å². The minimum absolute atomic E-state index is 0.473. The molecule has 0 atom stereocenters. The van der Waals surface area contributed by atoms with Crippen molar-refractivity contribution in [3.05, 3.63) is 0 Å². The Balaban J connectivity index is 3.38. The van der Waals surface area contributed by atoms with Crippen molar-refractivity contribution in [3.8, 4) is 0 Å². The molecule has 0 saturated carbocycles. The molecule has 0 unspecified atom stereocenters. The number of hydrogen-bond donors (Lipinski definition) is 0. The fourth-order valence-corrected chi connectivity index (χ4v) is 1.39. The summed E-state index contributed by atoms with van der Waals surface area (Å²) in [6.45, 7) is 9.21. The molecule has 0 spiro atoms. The average Bonchev–Trinajstić information content (AvgIpc) is 1.83. The van der Waals surface area contributed by atoms with Gasteiger partial charge in [-0.2, -0.15) is 0 Å². The van der Waals surface area contributed by atoms with Crippen LogP contribution in [0.2, 0.25) is 0 Å². The molecule has 68 valence electrons. The molecule has 0 aromatic heterocycles. The molecule has 0 aromatic rings. The van der Waals surface area contributed by atoms with Gasteiger partial charge in [0, 0.05) is 11.9 Å². The maximum absolute atomic E-state index is 3.43. The highest BCUT2D eigenvalue weighted by Crippen LogP contribution is 2.18. The van der Waals surface area contributed by atoms with E-state index in [9.17, 15) is 0 Å². The summed E-state index contributed by atoms with van der Waals surface area (Å²) >= 11 is 3.43. The Morgan fingerprint density at radius 2 is 1.73 bits per heavy atom. The van der Waals surface area contributed by atoms with Crippen LogP contribution in [0.25, 0.3) is 0 Å². The van der Waals surface area contributed by atoms with Crippen molar-refractivity contribution in [3.63, 3.8) is 0 Å². The molecule has 2 heteroatoms. The van der Waals surface area contributed by atoms with Gasteiger partial charge in [0.05, 0.1) is 0 Å². The van der Waals surface area contributed by atoms with E-state index in [1.807, 2.05) is 0 Å². The van der Waals surface area contributed by atoms with Crippen molar-refractivity contribution in [2.24, 2.45) is 5.41 Å². The van der Waals surface area contributed by atoms with E-state index in [-0.39, 0.29) is 0 Å². The lowest BCUT2D eigenvalue weighted by Crippen LogP contribution is -2.25. The highest BCUT2D eigenvalue weighted by atomic mass is 79.9. The minimum atomic E-state index is 0.473. The van der Waals surface area contributed by atoms with Crippen LogP contribution >= 0.6 is 15.9 Å². The quantitative estimate of drug-likeness (QED) is 0.661. The first-order valence-corrected chi connectivity index (χ1v) is 5.32. The van der Waals surface area contributed by atoms with E-state index in [1.54, 1.807) is 0 Å². The lowest BCUT2D eigenvalue weighted by molar-refractivity contribution is 0.275. The van der Waals surface area contributed by atoms with Gasteiger partial charge in [-0.3, -0.25) is 0 Å². The molecule has 0 aliphatic heterocycles. The highest BCUT2D eigenvalue weighted by Gasteiger charge is 2.10. The molecule has 0 fully saturated rings. The largest absolute Gasteiger partial charge is 0.306 e. The van der Waals surface area contributed by atoms with Crippen LogP contribution in [0, 0.1) is 5.41 Å². The van der Waals surface area contributed by atoms with Crippen LogP contribution in [-0.4, -0.2) is 30.4 Å². The third-order valence-electron chi connectivity index (χ3n) is 1.71. The molecular weight excluding hydrogens is 202 g/mol. The van der Waals surface area contributed by atoms with Crippen molar-refractivity contribution in [1.82, 2.24) is 4.90 Å². The van der Waals surface area contributed by atoms with Crippen LogP contribution in [0.15, 0.2) is 0 Å². The first kappa shape index (κ1) is 11.4. The Labute approximate surface area is 79.3 Å². The van der Waals surface area contributed by atoms with Crippen LogP contribution in [0.5, 0.6) is 0 Å². The van der Waals surface area contributed by atoms with E-state index in [2.05, 4.69) is 48.6 Å². The van der Waals surface area contributed by atoms with Gasteiger partial charge in [0.15, 0.2) is 0 Å². The van der Waals surface area contributed by atoms with Crippen LogP contribution in [0.4, 0.5) is 0 Å². The van der Waals surface area contributed by atoms with E-state index in [0.717, 1.165) is 11.9 Å². The number of nitrogens with zero attached hydrogens (tertiary/aromatic N) is 1. The van der Waals surface area contributed by atoms with E-state index in [0.29, 0.717) is 5.41 Å². The Kier molecular flexibility index (Phi) is 5.36. The molecule has 0 radical (unpaired) electrons. The molecule has 0 N–H and O–H groups in total. The van der Waals surface area contributed by atoms with Gasteiger partial charge in [0.25, 0.3) is 0 Å². The zero-order chi connectivity index (χ0) is 8.91. The van der Waals surface area contributed by atoms with E-state index < -0.39 is 0 Å². The van der Waals surface area contributed by atoms with Crippen molar-refractivity contribution >= 4 is 15.9 Å². The zero-order valence-electron chi connectivity index (χ0n) is 8.15. The second-order valence-electron chi connectivity index (χ2n) is 4.30. The van der Waals surface area contributed by atoms with Gasteiger partial charge >= 0.3 is 0 Å². The number of alkyl halides is 1. The molecule has 0 amide bonds. The molecule has 0 aromatic carbocycles. The molecule has 0 heterocycles. The van der Waals surface area contributed by atoms with Crippen LogP contribution in [0.1, 0.15) is 27.2 Å². The smallest absolute Gasteiger partial charge is 0.0159 e. The second kappa shape index (κ2) is 5.15. The minimum Gasteiger partial charge on any atom is -0.306 e. The molecule has 11 heavy (non-hydrogen) atoms. The predicted octanol–water partition coefficient (Wildman–Crippen LogP) is 2.75. The maximum Gasteiger partial charge on any atom is 0.0159 e. The Morgan fingerprint density at radius 1 is 1.18 bits per heavy atom. The third-order valence-corrected chi connectivity index (χ3v) is 2.06. The molecule has 1 nitrogen and oxygen atoms in total. The summed E-state index contributed by atoms with van der Waals surface area (Å²) < 4.78 is 0. The highest BCUT2D eigenvalue weighted by molar-refractivity contribution is 9.09. The van der Waals surface area contributed by atoms with Crippen molar-refractivity contribution in [2.75, 3.05) is 25.5 Å². The molecule has 0 bridgehead atoms. The van der Waals surface area contributed by atoms with Gasteiger partial charge < -0.3 is 4.90 Å². The van der Waals surface area contributed by atoms with E-state index in [1.165, 1.54) is 13.0 Å². The second-order valence-corrected chi connectivity index (χ2v) is 5.10. The standard InChI is InChI=1S/C9H20BrN/c1-9(2,3)5-7-11(4)8-6-10/h5-8H2,1-4H3. The summed E-state index contributed by atoms with van der Waals surface area (Å²) in [6.07, 6.45) is 1.27.